The van der Waals surface area contributed by atoms with E-state index < -0.39 is 0 Å². The fourth-order valence-corrected chi connectivity index (χ4v) is 1.63. The number of aromatic amines is 1. The highest BCUT2D eigenvalue weighted by atomic mass is 19.1. The van der Waals surface area contributed by atoms with Gasteiger partial charge >= 0.3 is 0 Å². The number of aromatic nitrogens is 4. The number of fused-ring (bicyclic) bond motifs is 1. The molecule has 2 aromatic heterocycles. The predicted octanol–water partition coefficient (Wildman–Crippen LogP) is 1.74. The number of hydrogen-bond donors (Lipinski definition) is 2. The molecule has 84 valence electrons. The Kier molecular flexibility index (Phi) is 2.01. The number of nitrogen functional groups attached to an aromatic ring is 1. The highest BCUT2D eigenvalue weighted by Gasteiger charge is 2.11. The molecule has 0 aliphatic heterocycles. The minimum absolute atomic E-state index is 0.296. The van der Waals surface area contributed by atoms with Gasteiger partial charge in [0.2, 0.25) is 0 Å². The smallest absolute Gasteiger partial charge is 0.183 e. The summed E-state index contributed by atoms with van der Waals surface area (Å²) >= 11 is 0. The predicted molar refractivity (Wildman–Crippen MR) is 61.5 cm³/mol. The van der Waals surface area contributed by atoms with Crippen LogP contribution in [-0.4, -0.2) is 19.9 Å². The normalized spacial score (nSPS) is 10.9. The summed E-state index contributed by atoms with van der Waals surface area (Å²) in [6, 6.07) is 6.37. The molecule has 0 unspecified atom stereocenters. The van der Waals surface area contributed by atoms with Crippen LogP contribution in [-0.2, 0) is 0 Å². The average molecular weight is 229 g/mol. The summed E-state index contributed by atoms with van der Waals surface area (Å²) < 4.78 is 13.6. The molecule has 2 heterocycles. The van der Waals surface area contributed by atoms with Gasteiger partial charge in [-0.3, -0.25) is 0 Å². The SMILES string of the molecule is Nc1ncnc2nc(-c3ccccc3F)[nH]c12. The molecule has 0 bridgehead atoms. The number of H-pyrrole nitrogens is 1. The quantitative estimate of drug-likeness (QED) is 0.666. The van der Waals surface area contributed by atoms with E-state index in [0.717, 1.165) is 0 Å². The third kappa shape index (κ3) is 1.50. The number of halogens is 1. The van der Waals surface area contributed by atoms with E-state index in [1.165, 1.54) is 12.4 Å². The van der Waals surface area contributed by atoms with E-state index in [2.05, 4.69) is 19.9 Å². The lowest BCUT2D eigenvalue weighted by Crippen LogP contribution is -1.91. The summed E-state index contributed by atoms with van der Waals surface area (Å²) in [7, 11) is 0. The molecular formula is C11H8FN5. The second kappa shape index (κ2) is 3.51. The van der Waals surface area contributed by atoms with Crippen LogP contribution in [0.15, 0.2) is 30.6 Å². The van der Waals surface area contributed by atoms with Gasteiger partial charge in [0.05, 0.1) is 5.56 Å². The van der Waals surface area contributed by atoms with Crippen molar-refractivity contribution in [3.05, 3.63) is 36.4 Å². The van der Waals surface area contributed by atoms with Crippen molar-refractivity contribution < 1.29 is 4.39 Å². The van der Waals surface area contributed by atoms with Gasteiger partial charge in [-0.25, -0.2) is 19.3 Å². The second-order valence-corrected chi connectivity index (χ2v) is 3.52. The van der Waals surface area contributed by atoms with Gasteiger partial charge in [-0.05, 0) is 12.1 Å². The Morgan fingerprint density at radius 3 is 2.76 bits per heavy atom. The van der Waals surface area contributed by atoms with E-state index in [1.54, 1.807) is 18.2 Å². The zero-order valence-electron chi connectivity index (χ0n) is 8.68. The fraction of sp³-hybridized carbons (Fsp3) is 0. The van der Waals surface area contributed by atoms with E-state index in [1.807, 2.05) is 0 Å². The molecular weight excluding hydrogens is 221 g/mol. The minimum atomic E-state index is -0.349. The van der Waals surface area contributed by atoms with E-state index in [0.29, 0.717) is 28.4 Å². The Morgan fingerprint density at radius 2 is 2.00 bits per heavy atom. The zero-order valence-corrected chi connectivity index (χ0v) is 8.68. The average Bonchev–Trinajstić information content (AvgIpc) is 2.75. The van der Waals surface area contributed by atoms with Gasteiger partial charge in [0.25, 0.3) is 0 Å². The van der Waals surface area contributed by atoms with E-state index >= 15 is 0 Å². The van der Waals surface area contributed by atoms with Crippen molar-refractivity contribution in [3.63, 3.8) is 0 Å². The Balaban J connectivity index is 2.26. The number of anilines is 1. The first-order chi connectivity index (χ1) is 8.25. The molecule has 3 aromatic rings. The highest BCUT2D eigenvalue weighted by Crippen LogP contribution is 2.23. The highest BCUT2D eigenvalue weighted by molar-refractivity contribution is 5.84. The summed E-state index contributed by atoms with van der Waals surface area (Å²) in [5.41, 5.74) is 6.99. The summed E-state index contributed by atoms with van der Waals surface area (Å²) in [4.78, 5) is 14.9. The number of nitrogens with zero attached hydrogens (tertiary/aromatic N) is 3. The van der Waals surface area contributed by atoms with Gasteiger partial charge in [0.1, 0.15) is 23.5 Å². The Bertz CT molecular complexity index is 691. The minimum Gasteiger partial charge on any atom is -0.382 e. The van der Waals surface area contributed by atoms with Crippen molar-refractivity contribution in [2.75, 3.05) is 5.73 Å². The standard InChI is InChI=1S/C11H8FN5/c12-7-4-2-1-3-6(7)10-16-8-9(13)14-5-15-11(8)17-10/h1-5H,(H3,13,14,15,16,17). The molecule has 3 rings (SSSR count). The van der Waals surface area contributed by atoms with Gasteiger partial charge in [-0.2, -0.15) is 0 Å². The molecule has 0 atom stereocenters. The second-order valence-electron chi connectivity index (χ2n) is 3.52. The number of nitrogens with two attached hydrogens (primary N) is 1. The molecule has 0 aliphatic rings. The summed E-state index contributed by atoms with van der Waals surface area (Å²) in [5, 5.41) is 0. The van der Waals surface area contributed by atoms with Crippen LogP contribution >= 0.6 is 0 Å². The van der Waals surface area contributed by atoms with Gasteiger partial charge in [-0.1, -0.05) is 12.1 Å². The number of imidazole rings is 1. The monoisotopic (exact) mass is 229 g/mol. The van der Waals surface area contributed by atoms with Crippen LogP contribution in [0.25, 0.3) is 22.6 Å². The van der Waals surface area contributed by atoms with Gasteiger partial charge < -0.3 is 10.7 Å². The molecule has 5 nitrogen and oxygen atoms in total. The fourth-order valence-electron chi connectivity index (χ4n) is 1.63. The molecule has 0 spiro atoms. The Labute approximate surface area is 95.5 Å². The van der Waals surface area contributed by atoms with Crippen molar-refractivity contribution in [2.24, 2.45) is 0 Å². The van der Waals surface area contributed by atoms with Gasteiger partial charge in [-0.15, -0.1) is 0 Å². The Morgan fingerprint density at radius 1 is 1.18 bits per heavy atom. The molecule has 0 fully saturated rings. The summed E-state index contributed by atoms with van der Waals surface area (Å²) in [6.45, 7) is 0. The number of hydrogen-bond acceptors (Lipinski definition) is 4. The maximum atomic E-state index is 13.6. The number of rotatable bonds is 1. The first-order valence-electron chi connectivity index (χ1n) is 4.97. The van der Waals surface area contributed by atoms with Crippen LogP contribution in [0.1, 0.15) is 0 Å². The van der Waals surface area contributed by atoms with E-state index in [9.17, 15) is 4.39 Å². The number of nitrogens with one attached hydrogen (secondary N) is 1. The van der Waals surface area contributed by atoms with Crippen molar-refractivity contribution in [2.45, 2.75) is 0 Å². The largest absolute Gasteiger partial charge is 0.382 e. The van der Waals surface area contributed by atoms with Crippen molar-refractivity contribution >= 4 is 17.0 Å². The van der Waals surface area contributed by atoms with E-state index in [4.69, 9.17) is 5.73 Å². The van der Waals surface area contributed by atoms with Crippen molar-refractivity contribution in [3.8, 4) is 11.4 Å². The van der Waals surface area contributed by atoms with Crippen molar-refractivity contribution in [1.29, 1.82) is 0 Å². The van der Waals surface area contributed by atoms with E-state index in [-0.39, 0.29) is 5.82 Å². The zero-order chi connectivity index (χ0) is 11.8. The topological polar surface area (TPSA) is 80.5 Å². The first-order valence-corrected chi connectivity index (χ1v) is 4.97. The third-order valence-corrected chi connectivity index (χ3v) is 2.45. The molecule has 0 aliphatic carbocycles. The lowest BCUT2D eigenvalue weighted by Gasteiger charge is -1.96. The Hall–Kier alpha value is -2.50. The lowest BCUT2D eigenvalue weighted by atomic mass is 10.2. The maximum absolute atomic E-state index is 13.6. The summed E-state index contributed by atoms with van der Waals surface area (Å²) in [5.74, 6) is 0.341. The van der Waals surface area contributed by atoms with Crippen molar-refractivity contribution in [1.82, 2.24) is 19.9 Å². The van der Waals surface area contributed by atoms with Crippen LogP contribution in [0.3, 0.4) is 0 Å². The molecule has 1 aromatic carbocycles. The van der Waals surface area contributed by atoms with Crippen LogP contribution in [0, 0.1) is 5.82 Å². The molecule has 0 saturated heterocycles. The maximum Gasteiger partial charge on any atom is 0.183 e. The third-order valence-electron chi connectivity index (χ3n) is 2.45. The lowest BCUT2D eigenvalue weighted by molar-refractivity contribution is 0.630. The summed E-state index contributed by atoms with van der Waals surface area (Å²) in [6.07, 6.45) is 1.32. The molecule has 3 N–H and O–H groups in total. The molecule has 0 radical (unpaired) electrons. The molecule has 6 heteroatoms. The number of benzene rings is 1. The first kappa shape index (κ1) is 9.71. The molecule has 17 heavy (non-hydrogen) atoms. The van der Waals surface area contributed by atoms with Crippen LogP contribution in [0.5, 0.6) is 0 Å². The van der Waals surface area contributed by atoms with Gasteiger partial charge in [0.15, 0.2) is 11.5 Å². The molecule has 0 saturated carbocycles. The van der Waals surface area contributed by atoms with Gasteiger partial charge in [0, 0.05) is 0 Å². The van der Waals surface area contributed by atoms with Crippen LogP contribution < -0.4 is 5.73 Å². The van der Waals surface area contributed by atoms with Crippen LogP contribution in [0.2, 0.25) is 0 Å². The van der Waals surface area contributed by atoms with Crippen LogP contribution in [0.4, 0.5) is 10.2 Å². The molecule has 0 amide bonds.